The third-order valence-electron chi connectivity index (χ3n) is 3.40. The Bertz CT molecular complexity index is 632. The zero-order valence-electron chi connectivity index (χ0n) is 13.2. The Morgan fingerprint density at radius 3 is 2.41 bits per heavy atom. The van der Waals surface area contributed by atoms with Gasteiger partial charge in [-0.15, -0.1) is 0 Å². The van der Waals surface area contributed by atoms with Crippen molar-refractivity contribution in [3.8, 4) is 23.4 Å². The highest BCUT2D eigenvalue weighted by Crippen LogP contribution is 2.21. The SMILES string of the molecule is CCC(C)CC(=O)c1c[nH]c(-c2nc(OC)cc(OC)n2)n1. The average molecular weight is 304 g/mol. The molecular formula is C15H20N4O3. The van der Waals surface area contributed by atoms with E-state index in [-0.39, 0.29) is 5.78 Å². The van der Waals surface area contributed by atoms with Crippen molar-refractivity contribution in [2.24, 2.45) is 5.92 Å². The Balaban J connectivity index is 2.26. The number of H-pyrrole nitrogens is 1. The van der Waals surface area contributed by atoms with Gasteiger partial charge in [0.1, 0.15) is 5.69 Å². The number of nitrogens with zero attached hydrogens (tertiary/aromatic N) is 3. The monoisotopic (exact) mass is 304 g/mol. The van der Waals surface area contributed by atoms with Crippen LogP contribution in [0.4, 0.5) is 0 Å². The fourth-order valence-electron chi connectivity index (χ4n) is 1.86. The Labute approximate surface area is 129 Å². The van der Waals surface area contributed by atoms with Crippen LogP contribution in [0.5, 0.6) is 11.8 Å². The van der Waals surface area contributed by atoms with Crippen molar-refractivity contribution in [2.45, 2.75) is 26.7 Å². The van der Waals surface area contributed by atoms with Gasteiger partial charge >= 0.3 is 0 Å². The average Bonchev–Trinajstić information content (AvgIpc) is 3.04. The second-order valence-corrected chi connectivity index (χ2v) is 5.05. The van der Waals surface area contributed by atoms with Crippen LogP contribution in [0.15, 0.2) is 12.3 Å². The summed E-state index contributed by atoms with van der Waals surface area (Å²) >= 11 is 0. The van der Waals surface area contributed by atoms with Gasteiger partial charge in [-0.25, -0.2) is 4.98 Å². The molecule has 0 amide bonds. The van der Waals surface area contributed by atoms with Crippen LogP contribution in [0.25, 0.3) is 11.6 Å². The molecule has 22 heavy (non-hydrogen) atoms. The van der Waals surface area contributed by atoms with Crippen LogP contribution in [0.2, 0.25) is 0 Å². The third kappa shape index (κ3) is 3.60. The molecule has 0 saturated heterocycles. The Morgan fingerprint density at radius 2 is 1.86 bits per heavy atom. The fraction of sp³-hybridized carbons (Fsp3) is 0.467. The minimum Gasteiger partial charge on any atom is -0.481 e. The number of carbonyl (C=O) groups excluding carboxylic acids is 1. The summed E-state index contributed by atoms with van der Waals surface area (Å²) in [7, 11) is 3.02. The lowest BCUT2D eigenvalue weighted by molar-refractivity contribution is 0.0959. The van der Waals surface area contributed by atoms with Gasteiger partial charge in [0.2, 0.25) is 17.6 Å². The molecule has 7 nitrogen and oxygen atoms in total. The minimum atomic E-state index is 0.00621. The van der Waals surface area contributed by atoms with Gasteiger partial charge in [-0.1, -0.05) is 20.3 Å². The quantitative estimate of drug-likeness (QED) is 0.790. The molecule has 1 atom stereocenters. The van der Waals surface area contributed by atoms with Crippen LogP contribution in [0.3, 0.4) is 0 Å². The van der Waals surface area contributed by atoms with E-state index in [2.05, 4.69) is 26.9 Å². The first kappa shape index (κ1) is 15.9. The maximum atomic E-state index is 12.1. The number of nitrogens with one attached hydrogen (secondary N) is 1. The van der Waals surface area contributed by atoms with E-state index in [1.54, 1.807) is 12.3 Å². The largest absolute Gasteiger partial charge is 0.481 e. The van der Waals surface area contributed by atoms with Crippen molar-refractivity contribution >= 4 is 5.78 Å². The summed E-state index contributed by atoms with van der Waals surface area (Å²) in [6, 6.07) is 1.57. The third-order valence-corrected chi connectivity index (χ3v) is 3.40. The summed E-state index contributed by atoms with van der Waals surface area (Å²) in [6.45, 7) is 4.10. The molecule has 0 radical (unpaired) electrons. The number of hydrogen-bond acceptors (Lipinski definition) is 6. The van der Waals surface area contributed by atoms with Crippen molar-refractivity contribution in [1.29, 1.82) is 0 Å². The van der Waals surface area contributed by atoms with Crippen molar-refractivity contribution in [1.82, 2.24) is 19.9 Å². The first-order valence-electron chi connectivity index (χ1n) is 7.13. The standard InChI is InChI=1S/C15H20N4O3/c1-5-9(2)6-11(20)10-8-16-14(17-10)15-18-12(21-3)7-13(19-15)22-4/h7-9H,5-6H2,1-4H3,(H,16,17). The molecular weight excluding hydrogens is 284 g/mol. The van der Waals surface area contributed by atoms with Crippen molar-refractivity contribution in [2.75, 3.05) is 14.2 Å². The molecule has 7 heteroatoms. The number of imidazole rings is 1. The van der Waals surface area contributed by atoms with Gasteiger partial charge in [0, 0.05) is 12.6 Å². The van der Waals surface area contributed by atoms with E-state index >= 15 is 0 Å². The lowest BCUT2D eigenvalue weighted by Crippen LogP contribution is -2.05. The highest BCUT2D eigenvalue weighted by molar-refractivity contribution is 5.94. The lowest BCUT2D eigenvalue weighted by Gasteiger charge is -2.05. The molecule has 0 fully saturated rings. The molecule has 118 valence electrons. The Hall–Kier alpha value is -2.44. The topological polar surface area (TPSA) is 90.0 Å². The lowest BCUT2D eigenvalue weighted by atomic mass is 10.0. The fourth-order valence-corrected chi connectivity index (χ4v) is 1.86. The Kier molecular flexibility index (Phi) is 5.08. The van der Waals surface area contributed by atoms with Gasteiger partial charge in [-0.05, 0) is 5.92 Å². The zero-order chi connectivity index (χ0) is 16.1. The summed E-state index contributed by atoms with van der Waals surface area (Å²) in [4.78, 5) is 27.7. The van der Waals surface area contributed by atoms with Gasteiger partial charge in [-0.2, -0.15) is 9.97 Å². The number of ketones is 1. The van der Waals surface area contributed by atoms with E-state index in [0.717, 1.165) is 6.42 Å². The number of methoxy groups -OCH3 is 2. The number of aromatic nitrogens is 4. The van der Waals surface area contributed by atoms with E-state index in [4.69, 9.17) is 9.47 Å². The van der Waals surface area contributed by atoms with Crippen LogP contribution in [0.1, 0.15) is 37.2 Å². The normalized spacial score (nSPS) is 12.0. The van der Waals surface area contributed by atoms with Gasteiger partial charge in [-0.3, -0.25) is 4.79 Å². The van der Waals surface area contributed by atoms with E-state index < -0.39 is 0 Å². The van der Waals surface area contributed by atoms with E-state index in [1.807, 2.05) is 6.92 Å². The number of aromatic amines is 1. The maximum Gasteiger partial charge on any atom is 0.220 e. The molecule has 2 heterocycles. The van der Waals surface area contributed by atoms with Crippen LogP contribution in [-0.4, -0.2) is 39.9 Å². The molecule has 0 aliphatic rings. The number of carbonyl (C=O) groups is 1. The predicted molar refractivity (Wildman–Crippen MR) is 81.1 cm³/mol. The van der Waals surface area contributed by atoms with Crippen LogP contribution >= 0.6 is 0 Å². The molecule has 0 aliphatic carbocycles. The van der Waals surface area contributed by atoms with Crippen LogP contribution in [0, 0.1) is 5.92 Å². The highest BCUT2D eigenvalue weighted by Gasteiger charge is 2.16. The zero-order valence-corrected chi connectivity index (χ0v) is 13.2. The molecule has 0 aliphatic heterocycles. The van der Waals surface area contributed by atoms with Crippen molar-refractivity contribution < 1.29 is 14.3 Å². The van der Waals surface area contributed by atoms with E-state index in [0.29, 0.717) is 41.4 Å². The highest BCUT2D eigenvalue weighted by atomic mass is 16.5. The second-order valence-electron chi connectivity index (χ2n) is 5.05. The van der Waals surface area contributed by atoms with Crippen LogP contribution < -0.4 is 9.47 Å². The number of rotatable bonds is 7. The summed E-state index contributed by atoms with van der Waals surface area (Å²) in [6.07, 6.45) is 3.01. The van der Waals surface area contributed by atoms with Crippen molar-refractivity contribution in [3.05, 3.63) is 18.0 Å². The minimum absolute atomic E-state index is 0.00621. The van der Waals surface area contributed by atoms with E-state index in [9.17, 15) is 4.79 Å². The molecule has 0 spiro atoms. The van der Waals surface area contributed by atoms with Crippen molar-refractivity contribution in [3.63, 3.8) is 0 Å². The molecule has 2 rings (SSSR count). The number of hydrogen-bond donors (Lipinski definition) is 1. The summed E-state index contributed by atoms with van der Waals surface area (Å²) < 4.78 is 10.2. The smallest absolute Gasteiger partial charge is 0.220 e. The first-order valence-corrected chi connectivity index (χ1v) is 7.13. The van der Waals surface area contributed by atoms with E-state index in [1.165, 1.54) is 14.2 Å². The molecule has 1 N–H and O–H groups in total. The molecule has 2 aromatic heterocycles. The number of ether oxygens (including phenoxy) is 2. The maximum absolute atomic E-state index is 12.1. The van der Waals surface area contributed by atoms with Gasteiger partial charge in [0.15, 0.2) is 11.6 Å². The number of Topliss-reactive ketones (excluding diaryl/α,β-unsaturated/α-hetero) is 1. The first-order chi connectivity index (χ1) is 10.6. The second kappa shape index (κ2) is 7.02. The summed E-state index contributed by atoms with van der Waals surface area (Å²) in [5.41, 5.74) is 0.390. The molecule has 0 aromatic carbocycles. The van der Waals surface area contributed by atoms with Gasteiger partial charge < -0.3 is 14.5 Å². The molecule has 0 bridgehead atoms. The summed E-state index contributed by atoms with van der Waals surface area (Å²) in [5, 5.41) is 0. The predicted octanol–water partition coefficient (Wildman–Crippen LogP) is 2.50. The molecule has 0 saturated carbocycles. The summed E-state index contributed by atoms with van der Waals surface area (Å²) in [5.74, 6) is 1.80. The Morgan fingerprint density at radius 1 is 1.23 bits per heavy atom. The van der Waals surface area contributed by atoms with Gasteiger partial charge in [0.25, 0.3) is 0 Å². The van der Waals surface area contributed by atoms with Crippen LogP contribution in [-0.2, 0) is 0 Å². The van der Waals surface area contributed by atoms with Gasteiger partial charge in [0.05, 0.1) is 20.3 Å². The molecule has 2 aromatic rings. The molecule has 1 unspecified atom stereocenters.